The third-order valence-corrected chi connectivity index (χ3v) is 5.83. The molecule has 172 valence electrons. The molecule has 1 amide bonds. The molecule has 1 aliphatic heterocycles. The number of carbonyl (C=O) groups excluding carboxylic acids is 2. The molecule has 1 aliphatic rings. The summed E-state index contributed by atoms with van der Waals surface area (Å²) in [4.78, 5) is 27.7. The highest BCUT2D eigenvalue weighted by atomic mass is 32.1. The van der Waals surface area contributed by atoms with Gasteiger partial charge in [-0.15, -0.1) is 11.3 Å². The molecule has 2 aromatic carbocycles. The highest BCUT2D eigenvalue weighted by Gasteiger charge is 2.22. The fraction of sp³-hybridized carbons (Fsp3) is 0.250. The second-order valence-corrected chi connectivity index (χ2v) is 8.07. The maximum atomic E-state index is 13.3. The number of benzene rings is 2. The van der Waals surface area contributed by atoms with E-state index in [0.717, 1.165) is 4.88 Å². The lowest BCUT2D eigenvalue weighted by Gasteiger charge is -2.25. The van der Waals surface area contributed by atoms with Gasteiger partial charge in [0.2, 0.25) is 0 Å². The van der Waals surface area contributed by atoms with Crippen LogP contribution in [0.4, 0.5) is 5.69 Å². The molecule has 0 saturated carbocycles. The number of rotatable bonds is 8. The van der Waals surface area contributed by atoms with Crippen molar-refractivity contribution in [3.8, 4) is 23.0 Å². The normalized spacial score (nSPS) is 12.1. The van der Waals surface area contributed by atoms with Crippen LogP contribution >= 0.6 is 11.3 Å². The minimum absolute atomic E-state index is 0.228. The Bertz CT molecular complexity index is 1130. The minimum Gasteiger partial charge on any atom is -0.493 e. The van der Waals surface area contributed by atoms with Crippen LogP contribution < -0.4 is 23.8 Å². The minimum atomic E-state index is -0.489. The molecular weight excluding hydrogens is 446 g/mol. The Balaban J connectivity index is 1.54. The van der Waals surface area contributed by atoms with Crippen LogP contribution in [0.3, 0.4) is 0 Å². The highest BCUT2D eigenvalue weighted by Crippen LogP contribution is 2.35. The van der Waals surface area contributed by atoms with Gasteiger partial charge in [0.25, 0.3) is 5.91 Å². The smallest absolute Gasteiger partial charge is 0.337 e. The van der Waals surface area contributed by atoms with E-state index in [9.17, 15) is 9.59 Å². The molecule has 3 aromatic rings. The van der Waals surface area contributed by atoms with Gasteiger partial charge in [-0.1, -0.05) is 6.07 Å². The summed E-state index contributed by atoms with van der Waals surface area (Å²) in [6.07, 6.45) is 0. The SMILES string of the molecule is COC(=O)c1ccc(OCC(=O)N(Cc2cccs2)c2ccc3c(c2)OCCO3)c(OC)c1. The van der Waals surface area contributed by atoms with E-state index < -0.39 is 5.97 Å². The number of methoxy groups -OCH3 is 2. The molecule has 8 nitrogen and oxygen atoms in total. The molecule has 1 aromatic heterocycles. The van der Waals surface area contributed by atoms with Crippen LogP contribution in [0.5, 0.6) is 23.0 Å². The molecular formula is C24H23NO7S. The molecule has 0 aliphatic carbocycles. The van der Waals surface area contributed by atoms with Gasteiger partial charge in [0, 0.05) is 16.6 Å². The Morgan fingerprint density at radius 3 is 2.55 bits per heavy atom. The van der Waals surface area contributed by atoms with Crippen molar-refractivity contribution in [3.05, 3.63) is 64.4 Å². The summed E-state index contributed by atoms with van der Waals surface area (Å²) in [5, 5.41) is 1.96. The second kappa shape index (κ2) is 10.3. The summed E-state index contributed by atoms with van der Waals surface area (Å²) in [5.74, 6) is 1.19. The average Bonchev–Trinajstić information content (AvgIpc) is 3.38. The average molecular weight is 470 g/mol. The molecule has 0 bridgehead atoms. The van der Waals surface area contributed by atoms with Crippen molar-refractivity contribution in [2.24, 2.45) is 0 Å². The van der Waals surface area contributed by atoms with E-state index in [1.807, 2.05) is 23.6 Å². The lowest BCUT2D eigenvalue weighted by atomic mass is 10.2. The molecule has 0 fully saturated rings. The highest BCUT2D eigenvalue weighted by molar-refractivity contribution is 7.09. The van der Waals surface area contributed by atoms with Crippen LogP contribution in [0.15, 0.2) is 53.9 Å². The maximum absolute atomic E-state index is 13.3. The largest absolute Gasteiger partial charge is 0.493 e. The Morgan fingerprint density at radius 1 is 1.00 bits per heavy atom. The summed E-state index contributed by atoms with van der Waals surface area (Å²) in [6, 6.07) is 14.0. The maximum Gasteiger partial charge on any atom is 0.337 e. The first-order valence-corrected chi connectivity index (χ1v) is 11.1. The number of thiophene rings is 1. The van der Waals surface area contributed by atoms with E-state index >= 15 is 0 Å². The third kappa shape index (κ3) is 5.20. The summed E-state index contributed by atoms with van der Waals surface area (Å²) >= 11 is 1.56. The molecule has 33 heavy (non-hydrogen) atoms. The van der Waals surface area contributed by atoms with Crippen molar-refractivity contribution in [1.82, 2.24) is 0 Å². The first kappa shape index (κ1) is 22.5. The van der Waals surface area contributed by atoms with Gasteiger partial charge in [0.05, 0.1) is 26.3 Å². The first-order valence-electron chi connectivity index (χ1n) is 10.2. The van der Waals surface area contributed by atoms with Crippen molar-refractivity contribution in [1.29, 1.82) is 0 Å². The lowest BCUT2D eigenvalue weighted by Crippen LogP contribution is -2.34. The molecule has 0 radical (unpaired) electrons. The topological polar surface area (TPSA) is 83.5 Å². The number of carbonyl (C=O) groups is 2. The van der Waals surface area contributed by atoms with Crippen molar-refractivity contribution in [2.45, 2.75) is 6.54 Å². The van der Waals surface area contributed by atoms with E-state index in [4.69, 9.17) is 23.7 Å². The molecule has 2 heterocycles. The lowest BCUT2D eigenvalue weighted by molar-refractivity contribution is -0.120. The molecule has 0 unspecified atom stereocenters. The van der Waals surface area contributed by atoms with Crippen LogP contribution in [0.2, 0.25) is 0 Å². The van der Waals surface area contributed by atoms with Gasteiger partial charge < -0.3 is 28.6 Å². The van der Waals surface area contributed by atoms with Gasteiger partial charge in [-0.2, -0.15) is 0 Å². The first-order chi connectivity index (χ1) is 16.1. The molecule has 0 saturated heterocycles. The van der Waals surface area contributed by atoms with Crippen molar-refractivity contribution < 1.29 is 33.3 Å². The number of nitrogens with zero attached hydrogens (tertiary/aromatic N) is 1. The van der Waals surface area contributed by atoms with Crippen LogP contribution in [0.1, 0.15) is 15.2 Å². The van der Waals surface area contributed by atoms with Crippen LogP contribution in [-0.4, -0.2) is 45.9 Å². The monoisotopic (exact) mass is 469 g/mol. The fourth-order valence-corrected chi connectivity index (χ4v) is 4.02. The standard InChI is InChI=1S/C24H23NO7S/c1-28-21-12-16(24(27)29-2)5-7-19(21)32-15-23(26)25(14-18-4-3-11-33-18)17-6-8-20-22(13-17)31-10-9-30-20/h3-8,11-13H,9-10,14-15H2,1-2H3. The Hall–Kier alpha value is -3.72. The number of esters is 1. The Kier molecular flexibility index (Phi) is 6.99. The number of amides is 1. The zero-order valence-corrected chi connectivity index (χ0v) is 19.1. The summed E-state index contributed by atoms with van der Waals surface area (Å²) in [6.45, 7) is 1.11. The van der Waals surface area contributed by atoms with Gasteiger partial charge in [-0.3, -0.25) is 4.79 Å². The van der Waals surface area contributed by atoms with Gasteiger partial charge in [0.15, 0.2) is 29.6 Å². The third-order valence-electron chi connectivity index (χ3n) is 4.97. The van der Waals surface area contributed by atoms with Gasteiger partial charge in [-0.05, 0) is 41.8 Å². The molecule has 4 rings (SSSR count). The van der Waals surface area contributed by atoms with Crippen molar-refractivity contribution in [3.63, 3.8) is 0 Å². The van der Waals surface area contributed by atoms with Crippen LogP contribution in [-0.2, 0) is 16.1 Å². The van der Waals surface area contributed by atoms with Crippen LogP contribution in [0, 0.1) is 0 Å². The molecule has 0 spiro atoms. The van der Waals surface area contributed by atoms with Crippen LogP contribution in [0.25, 0.3) is 0 Å². The predicted octanol–water partition coefficient (Wildman–Crippen LogP) is 3.93. The number of hydrogen-bond donors (Lipinski definition) is 0. The van der Waals surface area contributed by atoms with E-state index in [2.05, 4.69) is 0 Å². The number of anilines is 1. The predicted molar refractivity (Wildman–Crippen MR) is 123 cm³/mol. The van der Waals surface area contributed by atoms with Crippen molar-refractivity contribution in [2.75, 3.05) is 38.9 Å². The van der Waals surface area contributed by atoms with Gasteiger partial charge >= 0.3 is 5.97 Å². The molecule has 0 N–H and O–H groups in total. The van der Waals surface area contributed by atoms with Gasteiger partial charge in [-0.25, -0.2) is 4.79 Å². The molecule has 0 atom stereocenters. The summed E-state index contributed by atoms with van der Waals surface area (Å²) in [7, 11) is 2.77. The van der Waals surface area contributed by atoms with E-state index in [-0.39, 0.29) is 12.5 Å². The Labute approximate surface area is 195 Å². The van der Waals surface area contributed by atoms with E-state index in [1.54, 1.807) is 40.5 Å². The van der Waals surface area contributed by atoms with Crippen molar-refractivity contribution >= 4 is 28.9 Å². The number of ether oxygens (including phenoxy) is 5. The van der Waals surface area contributed by atoms with E-state index in [1.165, 1.54) is 20.3 Å². The summed E-state index contributed by atoms with van der Waals surface area (Å²) < 4.78 is 27.1. The second-order valence-electron chi connectivity index (χ2n) is 7.03. The summed E-state index contributed by atoms with van der Waals surface area (Å²) in [5.41, 5.74) is 0.998. The van der Waals surface area contributed by atoms with E-state index in [0.29, 0.717) is 54.0 Å². The quantitative estimate of drug-likeness (QED) is 0.462. The fourth-order valence-electron chi connectivity index (χ4n) is 3.33. The molecule has 9 heteroatoms. The zero-order valence-electron chi connectivity index (χ0n) is 18.2. The number of hydrogen-bond acceptors (Lipinski definition) is 8. The number of fused-ring (bicyclic) bond motifs is 1. The Morgan fingerprint density at radius 2 is 1.82 bits per heavy atom. The zero-order chi connectivity index (χ0) is 23.2. The van der Waals surface area contributed by atoms with Gasteiger partial charge in [0.1, 0.15) is 13.2 Å².